The number of benzene rings is 2. The molecule has 0 atom stereocenters. The third kappa shape index (κ3) is 1.29. The van der Waals surface area contributed by atoms with E-state index in [2.05, 4.69) is 16.2 Å². The minimum atomic E-state index is 0.576. The summed E-state index contributed by atoms with van der Waals surface area (Å²) in [7, 11) is 0. The molecule has 0 amide bonds. The molecule has 0 unspecified atom stereocenters. The second kappa shape index (κ2) is 3.20. The summed E-state index contributed by atoms with van der Waals surface area (Å²) in [6.07, 6.45) is 1.32. The Labute approximate surface area is 86.4 Å². The van der Waals surface area contributed by atoms with E-state index in [1.807, 2.05) is 36.4 Å². The van der Waals surface area contributed by atoms with Crippen molar-refractivity contribution in [2.75, 3.05) is 0 Å². The first-order chi connectivity index (χ1) is 7.45. The molecule has 3 heteroatoms. The zero-order valence-corrected chi connectivity index (χ0v) is 7.84. The van der Waals surface area contributed by atoms with Crippen LogP contribution in [-0.2, 0) is 0 Å². The van der Waals surface area contributed by atoms with Gasteiger partial charge in [-0.15, -0.1) is 0 Å². The Morgan fingerprint density at radius 3 is 2.93 bits per heavy atom. The zero-order chi connectivity index (χ0) is 10.1. The maximum Gasteiger partial charge on any atom is 0.214 e. The van der Waals surface area contributed by atoms with Gasteiger partial charge in [-0.1, -0.05) is 41.6 Å². The van der Waals surface area contributed by atoms with Crippen LogP contribution in [0.1, 0.15) is 0 Å². The lowest BCUT2D eigenvalue weighted by molar-refractivity contribution is 0.419. The Bertz CT molecular complexity index is 582. The topological polar surface area (TPSA) is 38.9 Å². The molecule has 71 valence electrons. The molecule has 0 fully saturated rings. The molecule has 1 aromatic heterocycles. The fourth-order valence-electron chi connectivity index (χ4n) is 1.63. The minimum absolute atomic E-state index is 0.576. The van der Waals surface area contributed by atoms with Crippen LogP contribution in [0, 0.1) is 6.07 Å². The highest BCUT2D eigenvalue weighted by atomic mass is 16.5. The number of hydrogen-bond acceptors (Lipinski definition) is 3. The molecule has 1 heterocycles. The van der Waals surface area contributed by atoms with Crippen molar-refractivity contribution < 1.29 is 4.52 Å². The molecular weight excluding hydrogens is 188 g/mol. The van der Waals surface area contributed by atoms with E-state index < -0.39 is 0 Å². The maximum absolute atomic E-state index is 4.74. The van der Waals surface area contributed by atoms with E-state index in [-0.39, 0.29) is 0 Å². The van der Waals surface area contributed by atoms with E-state index in [1.165, 1.54) is 6.39 Å². The first-order valence-electron chi connectivity index (χ1n) is 4.61. The molecule has 1 radical (unpaired) electrons. The van der Waals surface area contributed by atoms with Gasteiger partial charge in [0.25, 0.3) is 0 Å². The fraction of sp³-hybridized carbons (Fsp3) is 0. The number of aromatic nitrogens is 2. The molecule has 0 aliphatic heterocycles. The minimum Gasteiger partial charge on any atom is -0.342 e. The summed E-state index contributed by atoms with van der Waals surface area (Å²) in [4.78, 5) is 4.03. The van der Waals surface area contributed by atoms with E-state index in [0.717, 1.165) is 16.3 Å². The Morgan fingerprint density at radius 1 is 1.13 bits per heavy atom. The van der Waals surface area contributed by atoms with E-state index in [1.54, 1.807) is 0 Å². The zero-order valence-electron chi connectivity index (χ0n) is 7.84. The highest BCUT2D eigenvalue weighted by molar-refractivity contribution is 5.94. The Morgan fingerprint density at radius 2 is 2.07 bits per heavy atom. The summed E-state index contributed by atoms with van der Waals surface area (Å²) in [6, 6.07) is 15.1. The van der Waals surface area contributed by atoms with Crippen molar-refractivity contribution in [3.8, 4) is 11.4 Å². The van der Waals surface area contributed by atoms with Gasteiger partial charge >= 0.3 is 0 Å². The maximum atomic E-state index is 4.74. The summed E-state index contributed by atoms with van der Waals surface area (Å²) >= 11 is 0. The molecule has 0 N–H and O–H groups in total. The first kappa shape index (κ1) is 8.17. The Balaban J connectivity index is 2.36. The molecule has 2 aromatic carbocycles. The van der Waals surface area contributed by atoms with Gasteiger partial charge in [0.2, 0.25) is 12.2 Å². The molecule has 0 saturated carbocycles. The van der Waals surface area contributed by atoms with Gasteiger partial charge in [-0.05, 0) is 16.8 Å². The van der Waals surface area contributed by atoms with Crippen LogP contribution in [0.2, 0.25) is 0 Å². The standard InChI is InChI=1S/C12H7N2O/c1-2-6-10-9(4-1)5-3-7-11(10)12-13-8-15-14-12/h1-6,8H. The van der Waals surface area contributed by atoms with Crippen molar-refractivity contribution in [3.63, 3.8) is 0 Å². The van der Waals surface area contributed by atoms with E-state index in [0.29, 0.717) is 5.82 Å². The first-order valence-corrected chi connectivity index (χ1v) is 4.61. The van der Waals surface area contributed by atoms with Gasteiger partial charge in [-0.25, -0.2) is 0 Å². The van der Waals surface area contributed by atoms with E-state index in [4.69, 9.17) is 4.52 Å². The van der Waals surface area contributed by atoms with E-state index >= 15 is 0 Å². The van der Waals surface area contributed by atoms with Gasteiger partial charge in [0, 0.05) is 5.56 Å². The smallest absolute Gasteiger partial charge is 0.214 e. The molecule has 0 aliphatic rings. The van der Waals surface area contributed by atoms with Crippen LogP contribution in [-0.4, -0.2) is 10.1 Å². The summed E-state index contributed by atoms with van der Waals surface area (Å²) < 4.78 is 4.74. The third-order valence-corrected chi connectivity index (χ3v) is 2.31. The highest BCUT2D eigenvalue weighted by Gasteiger charge is 2.06. The average molecular weight is 195 g/mol. The lowest BCUT2D eigenvalue weighted by Crippen LogP contribution is -1.83. The van der Waals surface area contributed by atoms with Crippen molar-refractivity contribution in [3.05, 3.63) is 48.9 Å². The van der Waals surface area contributed by atoms with Crippen LogP contribution >= 0.6 is 0 Å². The van der Waals surface area contributed by atoms with Gasteiger partial charge < -0.3 is 4.52 Å². The molecule has 3 aromatic rings. The predicted molar refractivity (Wildman–Crippen MR) is 56.1 cm³/mol. The van der Waals surface area contributed by atoms with Crippen LogP contribution in [0.25, 0.3) is 22.2 Å². The lowest BCUT2D eigenvalue weighted by Gasteiger charge is -2.00. The Kier molecular flexibility index (Phi) is 1.75. The lowest BCUT2D eigenvalue weighted by atomic mass is 10.0. The highest BCUT2D eigenvalue weighted by Crippen LogP contribution is 2.24. The monoisotopic (exact) mass is 195 g/mol. The van der Waals surface area contributed by atoms with Crippen LogP contribution in [0.3, 0.4) is 0 Å². The summed E-state index contributed by atoms with van der Waals surface area (Å²) in [6.45, 7) is 0. The molecule has 3 rings (SSSR count). The third-order valence-electron chi connectivity index (χ3n) is 2.31. The number of rotatable bonds is 1. The molecule has 0 saturated heterocycles. The van der Waals surface area contributed by atoms with Crippen LogP contribution in [0.15, 0.2) is 47.3 Å². The number of hydrogen-bond donors (Lipinski definition) is 0. The van der Waals surface area contributed by atoms with Gasteiger partial charge in [0.05, 0.1) is 0 Å². The molecule has 3 nitrogen and oxygen atoms in total. The quantitative estimate of drug-likeness (QED) is 0.599. The van der Waals surface area contributed by atoms with Crippen LogP contribution < -0.4 is 0 Å². The number of fused-ring (bicyclic) bond motifs is 1. The summed E-state index contributed by atoms with van der Waals surface area (Å²) in [5, 5.41) is 6.05. The van der Waals surface area contributed by atoms with Crippen molar-refractivity contribution in [2.45, 2.75) is 0 Å². The predicted octanol–water partition coefficient (Wildman–Crippen LogP) is 2.69. The van der Waals surface area contributed by atoms with Crippen molar-refractivity contribution in [1.82, 2.24) is 10.1 Å². The van der Waals surface area contributed by atoms with E-state index in [9.17, 15) is 0 Å². The average Bonchev–Trinajstić information content (AvgIpc) is 2.82. The molecule has 0 aliphatic carbocycles. The molecule has 0 bridgehead atoms. The normalized spacial score (nSPS) is 10.7. The number of nitrogens with zero attached hydrogens (tertiary/aromatic N) is 2. The van der Waals surface area contributed by atoms with Crippen molar-refractivity contribution in [2.24, 2.45) is 0 Å². The second-order valence-electron chi connectivity index (χ2n) is 3.19. The molecule has 0 spiro atoms. The Hall–Kier alpha value is -2.16. The summed E-state index contributed by atoms with van der Waals surface area (Å²) in [5.74, 6) is 0.576. The second-order valence-corrected chi connectivity index (χ2v) is 3.19. The van der Waals surface area contributed by atoms with Gasteiger partial charge in [-0.3, -0.25) is 0 Å². The summed E-state index contributed by atoms with van der Waals surface area (Å²) in [5.41, 5.74) is 0.877. The van der Waals surface area contributed by atoms with Crippen LogP contribution in [0.4, 0.5) is 0 Å². The van der Waals surface area contributed by atoms with Crippen LogP contribution in [0.5, 0.6) is 0 Å². The molecule has 15 heavy (non-hydrogen) atoms. The molecular formula is C12H7N2O. The van der Waals surface area contributed by atoms with Gasteiger partial charge in [-0.2, -0.15) is 4.98 Å². The van der Waals surface area contributed by atoms with Gasteiger partial charge in [0.1, 0.15) is 0 Å². The fourth-order valence-corrected chi connectivity index (χ4v) is 1.63. The van der Waals surface area contributed by atoms with Crippen molar-refractivity contribution >= 4 is 10.8 Å². The largest absolute Gasteiger partial charge is 0.342 e. The van der Waals surface area contributed by atoms with Gasteiger partial charge in [0.15, 0.2) is 0 Å². The van der Waals surface area contributed by atoms with Crippen molar-refractivity contribution in [1.29, 1.82) is 0 Å². The SMILES string of the molecule is [c]1ccc2ccccc2c1-c1ncon1.